The average molecular weight is 339 g/mol. The molecule has 122 valence electrons. The van der Waals surface area contributed by atoms with Gasteiger partial charge in [0.2, 0.25) is 5.91 Å². The average Bonchev–Trinajstić information content (AvgIpc) is 3.19. The van der Waals surface area contributed by atoms with E-state index in [0.29, 0.717) is 18.9 Å². The van der Waals surface area contributed by atoms with Crippen LogP contribution in [0.2, 0.25) is 0 Å². The Hall–Kier alpha value is -2.54. The van der Waals surface area contributed by atoms with Crippen LogP contribution in [-0.2, 0) is 17.9 Å². The van der Waals surface area contributed by atoms with Gasteiger partial charge in [0.25, 0.3) is 0 Å². The number of thiazole rings is 1. The fourth-order valence-corrected chi connectivity index (χ4v) is 3.63. The van der Waals surface area contributed by atoms with E-state index in [9.17, 15) is 4.79 Å². The Labute approximate surface area is 143 Å². The van der Waals surface area contributed by atoms with Gasteiger partial charge in [-0.3, -0.25) is 9.36 Å². The third-order valence-electron chi connectivity index (χ3n) is 4.22. The van der Waals surface area contributed by atoms with Gasteiger partial charge in [0.15, 0.2) is 11.6 Å². The second-order valence-corrected chi connectivity index (χ2v) is 6.98. The normalized spacial score (nSPS) is 17.2. The molecule has 1 amide bonds. The molecule has 0 spiro atoms. The van der Waals surface area contributed by atoms with E-state index < -0.39 is 0 Å². The Kier molecular flexibility index (Phi) is 3.65. The van der Waals surface area contributed by atoms with Gasteiger partial charge in [-0.15, -0.1) is 21.5 Å². The molecule has 0 radical (unpaired) electrons. The first-order chi connectivity index (χ1) is 11.6. The lowest BCUT2D eigenvalue weighted by atomic mass is 10.1. The van der Waals surface area contributed by atoms with E-state index in [1.807, 2.05) is 59.0 Å². The molecule has 6 nitrogen and oxygen atoms in total. The van der Waals surface area contributed by atoms with Crippen LogP contribution < -0.4 is 0 Å². The highest BCUT2D eigenvalue weighted by Gasteiger charge is 2.33. The maximum Gasteiger partial charge on any atom is 0.246 e. The van der Waals surface area contributed by atoms with Gasteiger partial charge in [0.05, 0.1) is 11.6 Å². The van der Waals surface area contributed by atoms with Crippen LogP contribution in [-0.4, -0.2) is 30.6 Å². The van der Waals surface area contributed by atoms with Crippen molar-refractivity contribution >= 4 is 17.2 Å². The number of nitrogens with zero attached hydrogens (tertiary/aromatic N) is 5. The van der Waals surface area contributed by atoms with E-state index in [1.54, 1.807) is 11.3 Å². The molecule has 0 unspecified atom stereocenters. The number of carbonyl (C=O) groups excluding carboxylic acids is 1. The third-order valence-corrected chi connectivity index (χ3v) is 4.99. The summed E-state index contributed by atoms with van der Waals surface area (Å²) in [6.45, 7) is 4.91. The summed E-state index contributed by atoms with van der Waals surface area (Å²) in [5.74, 6) is 1.56. The molecule has 0 fully saturated rings. The number of hydrogen-bond acceptors (Lipinski definition) is 5. The van der Waals surface area contributed by atoms with Gasteiger partial charge >= 0.3 is 0 Å². The van der Waals surface area contributed by atoms with Crippen molar-refractivity contribution in [1.29, 1.82) is 0 Å². The summed E-state index contributed by atoms with van der Waals surface area (Å²) in [5, 5.41) is 11.5. The number of fused-ring (bicyclic) bond motifs is 1. The molecule has 0 saturated carbocycles. The van der Waals surface area contributed by atoms with Crippen LogP contribution in [0.5, 0.6) is 0 Å². The predicted octanol–water partition coefficient (Wildman–Crippen LogP) is 2.81. The van der Waals surface area contributed by atoms with Gasteiger partial charge in [-0.25, -0.2) is 4.98 Å². The molecule has 1 aliphatic heterocycles. The minimum atomic E-state index is -0.329. The zero-order valence-corrected chi connectivity index (χ0v) is 14.3. The van der Waals surface area contributed by atoms with Gasteiger partial charge in [0.1, 0.15) is 11.7 Å². The molecule has 7 heteroatoms. The number of amides is 1. The monoisotopic (exact) mass is 339 g/mol. The van der Waals surface area contributed by atoms with Gasteiger partial charge in [-0.2, -0.15) is 0 Å². The second kappa shape index (κ2) is 5.83. The summed E-state index contributed by atoms with van der Waals surface area (Å²) < 4.78 is 1.92. The van der Waals surface area contributed by atoms with Gasteiger partial charge in [-0.1, -0.05) is 30.3 Å². The van der Waals surface area contributed by atoms with Crippen LogP contribution in [0.1, 0.15) is 29.4 Å². The molecule has 0 N–H and O–H groups in total. The van der Waals surface area contributed by atoms with Crippen molar-refractivity contribution in [2.45, 2.75) is 33.0 Å². The van der Waals surface area contributed by atoms with E-state index >= 15 is 0 Å². The number of benzene rings is 1. The largest absolute Gasteiger partial charge is 0.329 e. The molecule has 24 heavy (non-hydrogen) atoms. The lowest BCUT2D eigenvalue weighted by Gasteiger charge is -2.32. The maximum absolute atomic E-state index is 12.8. The fraction of sp³-hybridized carbons (Fsp3) is 0.294. The Bertz CT molecular complexity index is 886. The van der Waals surface area contributed by atoms with Crippen molar-refractivity contribution < 1.29 is 4.79 Å². The Morgan fingerprint density at radius 2 is 2.04 bits per heavy atom. The van der Waals surface area contributed by atoms with Crippen molar-refractivity contribution in [1.82, 2.24) is 24.6 Å². The van der Waals surface area contributed by atoms with Gasteiger partial charge in [-0.05, 0) is 19.4 Å². The molecule has 0 saturated heterocycles. The molecule has 0 bridgehead atoms. The molecule has 3 heterocycles. The molecule has 3 aromatic rings. The summed E-state index contributed by atoms with van der Waals surface area (Å²) in [5.41, 5.74) is 1.90. The van der Waals surface area contributed by atoms with E-state index in [4.69, 9.17) is 0 Å². The van der Waals surface area contributed by atoms with Crippen LogP contribution in [0, 0.1) is 6.92 Å². The second-order valence-electron chi connectivity index (χ2n) is 5.92. The highest BCUT2D eigenvalue weighted by Crippen LogP contribution is 2.29. The van der Waals surface area contributed by atoms with Crippen LogP contribution >= 0.6 is 11.3 Å². The van der Waals surface area contributed by atoms with Crippen molar-refractivity contribution in [2.75, 3.05) is 0 Å². The Morgan fingerprint density at radius 3 is 2.75 bits per heavy atom. The number of aromatic nitrogens is 4. The Morgan fingerprint density at radius 1 is 1.25 bits per heavy atom. The standard InChI is InChI=1S/C17H17N5OS/c1-11-17(23)21(8-13-6-4-3-5-7-13)9-15-19-20-16(22(11)15)14-10-24-12(2)18-14/h3-7,10-11H,8-9H2,1-2H3/t11-/m1/s1. The molecule has 2 aromatic heterocycles. The lowest BCUT2D eigenvalue weighted by Crippen LogP contribution is -2.41. The number of aryl methyl sites for hydroxylation is 1. The van der Waals surface area contributed by atoms with Crippen molar-refractivity contribution in [3.63, 3.8) is 0 Å². The highest BCUT2D eigenvalue weighted by molar-refractivity contribution is 7.09. The molecule has 1 aliphatic rings. The summed E-state index contributed by atoms with van der Waals surface area (Å²) in [4.78, 5) is 19.1. The fourth-order valence-electron chi connectivity index (χ4n) is 3.04. The molecular weight excluding hydrogens is 322 g/mol. The number of carbonyl (C=O) groups is 1. The summed E-state index contributed by atoms with van der Waals surface area (Å²) >= 11 is 1.57. The van der Waals surface area contributed by atoms with Crippen LogP contribution in [0.25, 0.3) is 11.5 Å². The van der Waals surface area contributed by atoms with Crippen molar-refractivity contribution in [2.24, 2.45) is 0 Å². The van der Waals surface area contributed by atoms with Crippen LogP contribution in [0.15, 0.2) is 35.7 Å². The van der Waals surface area contributed by atoms with E-state index in [2.05, 4.69) is 15.2 Å². The SMILES string of the molecule is Cc1nc(-c2nnc3n2[C@H](C)C(=O)N(Cc2ccccc2)C3)cs1. The first-order valence-corrected chi connectivity index (χ1v) is 8.70. The minimum absolute atomic E-state index is 0.0827. The minimum Gasteiger partial charge on any atom is -0.329 e. The lowest BCUT2D eigenvalue weighted by molar-refractivity contribution is -0.137. The van der Waals surface area contributed by atoms with Gasteiger partial charge in [0, 0.05) is 11.9 Å². The van der Waals surface area contributed by atoms with Crippen molar-refractivity contribution in [3.8, 4) is 11.5 Å². The first-order valence-electron chi connectivity index (χ1n) is 7.82. The highest BCUT2D eigenvalue weighted by atomic mass is 32.1. The van der Waals surface area contributed by atoms with Crippen LogP contribution in [0.4, 0.5) is 0 Å². The Balaban J connectivity index is 1.66. The molecule has 1 atom stereocenters. The smallest absolute Gasteiger partial charge is 0.246 e. The van der Waals surface area contributed by atoms with Crippen LogP contribution in [0.3, 0.4) is 0 Å². The van der Waals surface area contributed by atoms with E-state index in [-0.39, 0.29) is 11.9 Å². The maximum atomic E-state index is 12.8. The number of rotatable bonds is 3. The quantitative estimate of drug-likeness (QED) is 0.736. The molecule has 0 aliphatic carbocycles. The zero-order valence-electron chi connectivity index (χ0n) is 13.5. The van der Waals surface area contributed by atoms with Crippen molar-refractivity contribution in [3.05, 3.63) is 52.1 Å². The predicted molar refractivity (Wildman–Crippen MR) is 91.3 cm³/mol. The topological polar surface area (TPSA) is 63.9 Å². The first kappa shape index (κ1) is 15.0. The summed E-state index contributed by atoms with van der Waals surface area (Å²) in [6.07, 6.45) is 0. The molecule has 4 rings (SSSR count). The molecular formula is C17H17N5OS. The zero-order chi connectivity index (χ0) is 16.7. The third kappa shape index (κ3) is 2.50. The van der Waals surface area contributed by atoms with E-state index in [0.717, 1.165) is 22.1 Å². The van der Waals surface area contributed by atoms with Gasteiger partial charge < -0.3 is 4.90 Å². The van der Waals surface area contributed by atoms with E-state index in [1.165, 1.54) is 0 Å². The molecule has 1 aromatic carbocycles. The summed E-state index contributed by atoms with van der Waals surface area (Å²) in [6, 6.07) is 9.67. The summed E-state index contributed by atoms with van der Waals surface area (Å²) in [7, 11) is 0. The number of hydrogen-bond donors (Lipinski definition) is 0.